The fourth-order valence-electron chi connectivity index (χ4n) is 2.37. The Labute approximate surface area is 121 Å². The molecule has 0 bridgehead atoms. The number of carboxylic acid groups (broad SMARTS) is 1. The lowest BCUT2D eigenvalue weighted by Gasteiger charge is -2.16. The minimum Gasteiger partial charge on any atom is -0.477 e. The Bertz CT molecular complexity index is 734. The summed E-state index contributed by atoms with van der Waals surface area (Å²) in [6.45, 7) is 4.44. The van der Waals surface area contributed by atoms with Gasteiger partial charge in [0, 0.05) is 12.6 Å². The van der Waals surface area contributed by atoms with Crippen molar-refractivity contribution in [1.82, 2.24) is 4.57 Å². The standard InChI is InChI=1S/C15H16ClNO3/c1-3-4-7-17-11(15(19)20)8-12(18)13-10(16)6-5-9(2)14(13)17/h5-6,8H,3-4,7H2,1-2H3,(H,19,20). The maximum absolute atomic E-state index is 12.1. The van der Waals surface area contributed by atoms with Crippen LogP contribution in [0.2, 0.25) is 5.02 Å². The minimum atomic E-state index is -1.10. The van der Waals surface area contributed by atoms with Crippen LogP contribution in [0.15, 0.2) is 23.0 Å². The number of halogens is 1. The molecule has 1 aromatic heterocycles. The van der Waals surface area contributed by atoms with Gasteiger partial charge in [0.1, 0.15) is 5.69 Å². The van der Waals surface area contributed by atoms with Gasteiger partial charge in [-0.15, -0.1) is 0 Å². The van der Waals surface area contributed by atoms with Gasteiger partial charge in [0.05, 0.1) is 15.9 Å². The second-order valence-electron chi connectivity index (χ2n) is 4.79. The van der Waals surface area contributed by atoms with Crippen LogP contribution in [-0.2, 0) is 6.54 Å². The summed E-state index contributed by atoms with van der Waals surface area (Å²) < 4.78 is 1.68. The number of aromatic nitrogens is 1. The first-order chi connectivity index (χ1) is 9.47. The first kappa shape index (κ1) is 14.6. The van der Waals surface area contributed by atoms with Crippen LogP contribution in [0, 0.1) is 6.92 Å². The van der Waals surface area contributed by atoms with Gasteiger partial charge in [-0.2, -0.15) is 0 Å². The van der Waals surface area contributed by atoms with Crippen LogP contribution >= 0.6 is 11.6 Å². The van der Waals surface area contributed by atoms with Crippen LogP contribution in [0.5, 0.6) is 0 Å². The molecule has 0 radical (unpaired) electrons. The van der Waals surface area contributed by atoms with E-state index in [2.05, 4.69) is 0 Å². The van der Waals surface area contributed by atoms with Gasteiger partial charge in [0.25, 0.3) is 0 Å². The minimum absolute atomic E-state index is 0.0151. The summed E-state index contributed by atoms with van der Waals surface area (Å²) in [7, 11) is 0. The predicted octanol–water partition coefficient (Wildman–Crippen LogP) is 3.46. The Morgan fingerprint density at radius 3 is 2.70 bits per heavy atom. The normalized spacial score (nSPS) is 10.9. The summed E-state index contributed by atoms with van der Waals surface area (Å²) in [6.07, 6.45) is 1.77. The topological polar surface area (TPSA) is 59.3 Å². The van der Waals surface area contributed by atoms with Crippen molar-refractivity contribution in [3.63, 3.8) is 0 Å². The average molecular weight is 294 g/mol. The van der Waals surface area contributed by atoms with E-state index in [9.17, 15) is 14.7 Å². The first-order valence-corrected chi connectivity index (χ1v) is 6.91. The number of pyridine rings is 1. The molecular formula is C15H16ClNO3. The molecule has 1 heterocycles. The van der Waals surface area contributed by atoms with Gasteiger partial charge in [-0.3, -0.25) is 4.79 Å². The van der Waals surface area contributed by atoms with Gasteiger partial charge in [-0.25, -0.2) is 4.79 Å². The van der Waals surface area contributed by atoms with E-state index in [0.717, 1.165) is 24.5 Å². The average Bonchev–Trinajstić information content (AvgIpc) is 2.40. The molecule has 1 N–H and O–H groups in total. The number of unbranched alkanes of at least 4 members (excludes halogenated alkanes) is 1. The van der Waals surface area contributed by atoms with E-state index in [-0.39, 0.29) is 11.1 Å². The van der Waals surface area contributed by atoms with Crippen molar-refractivity contribution >= 4 is 28.5 Å². The van der Waals surface area contributed by atoms with Crippen molar-refractivity contribution in [2.45, 2.75) is 33.2 Å². The summed E-state index contributed by atoms with van der Waals surface area (Å²) in [5, 5.41) is 10.1. The molecule has 1 aromatic carbocycles. The number of hydrogen-bond donors (Lipinski definition) is 1. The quantitative estimate of drug-likeness (QED) is 0.939. The highest BCUT2D eigenvalue weighted by atomic mass is 35.5. The molecule has 0 amide bonds. The number of benzene rings is 1. The molecule has 0 saturated heterocycles. The van der Waals surface area contributed by atoms with Crippen molar-refractivity contribution in [2.24, 2.45) is 0 Å². The third-order valence-electron chi connectivity index (χ3n) is 3.36. The predicted molar refractivity (Wildman–Crippen MR) is 79.8 cm³/mol. The molecule has 5 heteroatoms. The Morgan fingerprint density at radius 2 is 2.10 bits per heavy atom. The molecule has 0 aliphatic carbocycles. The number of carbonyl (C=O) groups is 1. The van der Waals surface area contributed by atoms with Crippen molar-refractivity contribution < 1.29 is 9.90 Å². The molecule has 2 aromatic rings. The molecule has 0 unspecified atom stereocenters. The number of fused-ring (bicyclic) bond motifs is 1. The second kappa shape index (κ2) is 5.67. The SMILES string of the molecule is CCCCn1c(C(=O)O)cc(=O)c2c(Cl)ccc(C)c21. The number of rotatable bonds is 4. The lowest BCUT2D eigenvalue weighted by Crippen LogP contribution is -2.19. The third-order valence-corrected chi connectivity index (χ3v) is 3.67. The van der Waals surface area contributed by atoms with Crippen LogP contribution in [0.3, 0.4) is 0 Å². The van der Waals surface area contributed by atoms with E-state index < -0.39 is 5.97 Å². The van der Waals surface area contributed by atoms with Crippen LogP contribution < -0.4 is 5.43 Å². The van der Waals surface area contributed by atoms with Gasteiger partial charge < -0.3 is 9.67 Å². The van der Waals surface area contributed by atoms with Crippen LogP contribution in [-0.4, -0.2) is 15.6 Å². The molecule has 0 aliphatic rings. The van der Waals surface area contributed by atoms with Gasteiger partial charge in [-0.1, -0.05) is 31.0 Å². The van der Waals surface area contributed by atoms with E-state index in [1.54, 1.807) is 16.7 Å². The molecule has 4 nitrogen and oxygen atoms in total. The van der Waals surface area contributed by atoms with Gasteiger partial charge in [0.2, 0.25) is 0 Å². The number of aryl methyl sites for hydroxylation is 2. The molecule has 106 valence electrons. The van der Waals surface area contributed by atoms with Crippen LogP contribution in [0.4, 0.5) is 0 Å². The highest BCUT2D eigenvalue weighted by Crippen LogP contribution is 2.25. The maximum atomic E-state index is 12.1. The highest BCUT2D eigenvalue weighted by Gasteiger charge is 2.17. The zero-order chi connectivity index (χ0) is 14.9. The van der Waals surface area contributed by atoms with E-state index in [0.29, 0.717) is 22.5 Å². The number of carboxylic acids is 1. The molecule has 0 atom stereocenters. The second-order valence-corrected chi connectivity index (χ2v) is 5.20. The lowest BCUT2D eigenvalue weighted by molar-refractivity contribution is 0.0684. The molecule has 0 spiro atoms. The van der Waals surface area contributed by atoms with E-state index in [1.165, 1.54) is 0 Å². The summed E-state index contributed by atoms with van der Waals surface area (Å²) in [5.41, 5.74) is 1.14. The Kier molecular flexibility index (Phi) is 4.14. The molecule has 20 heavy (non-hydrogen) atoms. The van der Waals surface area contributed by atoms with Gasteiger partial charge in [0.15, 0.2) is 5.43 Å². The zero-order valence-electron chi connectivity index (χ0n) is 11.4. The van der Waals surface area contributed by atoms with E-state index in [4.69, 9.17) is 11.6 Å². The third kappa shape index (κ3) is 2.43. The highest BCUT2D eigenvalue weighted by molar-refractivity contribution is 6.35. The first-order valence-electron chi connectivity index (χ1n) is 6.53. The summed E-state index contributed by atoms with van der Waals surface area (Å²) in [5.74, 6) is -1.10. The Balaban J connectivity index is 2.92. The molecule has 2 rings (SSSR count). The molecule has 0 aliphatic heterocycles. The van der Waals surface area contributed by atoms with Crippen molar-refractivity contribution in [3.05, 3.63) is 44.7 Å². The zero-order valence-corrected chi connectivity index (χ0v) is 12.2. The van der Waals surface area contributed by atoms with Crippen molar-refractivity contribution in [3.8, 4) is 0 Å². The van der Waals surface area contributed by atoms with Crippen molar-refractivity contribution in [1.29, 1.82) is 0 Å². The van der Waals surface area contributed by atoms with Gasteiger partial charge >= 0.3 is 5.97 Å². The van der Waals surface area contributed by atoms with Crippen molar-refractivity contribution in [2.75, 3.05) is 0 Å². The Hall–Kier alpha value is -1.81. The molecule has 0 fully saturated rings. The van der Waals surface area contributed by atoms with E-state index >= 15 is 0 Å². The van der Waals surface area contributed by atoms with E-state index in [1.807, 2.05) is 13.8 Å². The summed E-state index contributed by atoms with van der Waals surface area (Å²) >= 11 is 6.11. The molecular weight excluding hydrogens is 278 g/mol. The number of nitrogens with zero attached hydrogens (tertiary/aromatic N) is 1. The maximum Gasteiger partial charge on any atom is 0.352 e. The largest absolute Gasteiger partial charge is 0.477 e. The smallest absolute Gasteiger partial charge is 0.352 e. The fraction of sp³-hybridized carbons (Fsp3) is 0.333. The monoisotopic (exact) mass is 293 g/mol. The number of aromatic carboxylic acids is 1. The van der Waals surface area contributed by atoms with Gasteiger partial charge in [-0.05, 0) is 25.0 Å². The van der Waals surface area contributed by atoms with Crippen LogP contribution in [0.25, 0.3) is 10.9 Å². The lowest BCUT2D eigenvalue weighted by atomic mass is 10.1. The molecule has 0 saturated carbocycles. The fourth-order valence-corrected chi connectivity index (χ4v) is 2.62. The summed E-state index contributed by atoms with van der Waals surface area (Å²) in [6, 6.07) is 4.63. The number of hydrogen-bond acceptors (Lipinski definition) is 2. The van der Waals surface area contributed by atoms with Crippen LogP contribution in [0.1, 0.15) is 35.8 Å². The Morgan fingerprint density at radius 1 is 1.40 bits per heavy atom. The summed E-state index contributed by atoms with van der Waals surface area (Å²) in [4.78, 5) is 23.5.